The zero-order chi connectivity index (χ0) is 11.5. The topological polar surface area (TPSA) is 37.8 Å². The predicted molar refractivity (Wildman–Crippen MR) is 72.1 cm³/mol. The molecule has 1 aromatic heterocycles. The Morgan fingerprint density at radius 1 is 1.38 bits per heavy atom. The molecule has 0 amide bonds. The Hall–Kier alpha value is -0.760. The minimum absolute atomic E-state index is 0.283. The maximum atomic E-state index is 12.9. The largest absolute Gasteiger partial charge is 0.338 e. The number of nitrogens with one attached hydrogen (secondary N) is 1. The van der Waals surface area contributed by atoms with Gasteiger partial charge in [-0.1, -0.05) is 0 Å². The third-order valence-electron chi connectivity index (χ3n) is 1.85. The summed E-state index contributed by atoms with van der Waals surface area (Å²) < 4.78 is 14.4. The van der Waals surface area contributed by atoms with Crippen molar-refractivity contribution in [2.45, 2.75) is 0 Å². The zero-order valence-electron chi connectivity index (χ0n) is 7.92. The quantitative estimate of drug-likeness (QED) is 0.790. The van der Waals surface area contributed by atoms with Crippen molar-refractivity contribution in [1.82, 2.24) is 9.97 Å². The Balaban J connectivity index is 2.31. The van der Waals surface area contributed by atoms with Crippen LogP contribution in [0.4, 0.5) is 15.9 Å². The first kappa shape index (κ1) is 11.7. The molecular weight excluding hydrogens is 388 g/mol. The molecule has 16 heavy (non-hydrogen) atoms. The molecule has 0 spiro atoms. The molecular formula is C10H6BrFIN3. The molecule has 0 radical (unpaired) electrons. The van der Waals surface area contributed by atoms with E-state index >= 15 is 0 Å². The third-order valence-corrected chi connectivity index (χ3v) is 3.30. The molecule has 1 heterocycles. The van der Waals surface area contributed by atoms with Gasteiger partial charge in [0, 0.05) is 10.7 Å². The van der Waals surface area contributed by atoms with Gasteiger partial charge in [0.05, 0.1) is 9.26 Å². The first-order valence-corrected chi connectivity index (χ1v) is 6.21. The van der Waals surface area contributed by atoms with Crippen molar-refractivity contribution in [3.63, 3.8) is 0 Å². The van der Waals surface area contributed by atoms with E-state index in [4.69, 9.17) is 0 Å². The van der Waals surface area contributed by atoms with Crippen LogP contribution in [0, 0.1) is 9.39 Å². The van der Waals surface area contributed by atoms with Gasteiger partial charge in [0.2, 0.25) is 0 Å². The van der Waals surface area contributed by atoms with Gasteiger partial charge < -0.3 is 5.32 Å². The lowest BCUT2D eigenvalue weighted by Crippen LogP contribution is -1.97. The maximum absolute atomic E-state index is 12.9. The fourth-order valence-corrected chi connectivity index (χ4v) is 2.01. The maximum Gasteiger partial charge on any atom is 0.147 e. The lowest BCUT2D eigenvalue weighted by Gasteiger charge is -2.08. The second-order valence-electron chi connectivity index (χ2n) is 2.97. The number of halogens is 3. The molecule has 0 saturated heterocycles. The molecule has 82 valence electrons. The van der Waals surface area contributed by atoms with Gasteiger partial charge in [0.1, 0.15) is 18.0 Å². The highest BCUT2D eigenvalue weighted by atomic mass is 127. The number of anilines is 2. The molecule has 1 N–H and O–H groups in total. The predicted octanol–water partition coefficient (Wildman–Crippen LogP) is 3.73. The third kappa shape index (κ3) is 2.67. The van der Waals surface area contributed by atoms with Gasteiger partial charge in [0.15, 0.2) is 0 Å². The van der Waals surface area contributed by atoms with Crippen molar-refractivity contribution < 1.29 is 4.39 Å². The molecule has 0 aliphatic carbocycles. The number of nitrogens with zero attached hydrogens (tertiary/aromatic N) is 2. The van der Waals surface area contributed by atoms with Gasteiger partial charge in [-0.15, -0.1) is 0 Å². The molecule has 0 saturated carbocycles. The van der Waals surface area contributed by atoms with Crippen LogP contribution in [-0.2, 0) is 0 Å². The average Bonchev–Trinajstić information content (AvgIpc) is 2.25. The fraction of sp³-hybridized carbons (Fsp3) is 0. The summed E-state index contributed by atoms with van der Waals surface area (Å²) in [5.41, 5.74) is 0.762. The van der Waals surface area contributed by atoms with E-state index in [2.05, 4.69) is 53.8 Å². The molecule has 2 rings (SSSR count). The molecule has 2 aromatic rings. The first-order chi connectivity index (χ1) is 7.66. The highest BCUT2D eigenvalue weighted by Gasteiger charge is 2.05. The van der Waals surface area contributed by atoms with Gasteiger partial charge in [-0.2, -0.15) is 0 Å². The minimum Gasteiger partial charge on any atom is -0.338 e. The van der Waals surface area contributed by atoms with Crippen LogP contribution in [0.25, 0.3) is 0 Å². The number of hydrogen-bond donors (Lipinski definition) is 1. The monoisotopic (exact) mass is 393 g/mol. The smallest absolute Gasteiger partial charge is 0.147 e. The van der Waals surface area contributed by atoms with Gasteiger partial charge in [-0.25, -0.2) is 14.4 Å². The normalized spacial score (nSPS) is 10.2. The van der Waals surface area contributed by atoms with E-state index in [0.717, 1.165) is 9.26 Å². The highest BCUT2D eigenvalue weighted by Crippen LogP contribution is 2.27. The summed E-state index contributed by atoms with van der Waals surface area (Å²) in [6, 6.07) is 4.44. The summed E-state index contributed by atoms with van der Waals surface area (Å²) in [5.74, 6) is 0.415. The lowest BCUT2D eigenvalue weighted by atomic mass is 10.3. The molecule has 0 aliphatic heterocycles. The Labute approximate surface area is 114 Å². The average molecular weight is 394 g/mol. The SMILES string of the molecule is Fc1ccc(Nc2ncncc2I)c(Br)c1. The fourth-order valence-electron chi connectivity index (χ4n) is 1.12. The summed E-state index contributed by atoms with van der Waals surface area (Å²) in [7, 11) is 0. The number of hydrogen-bond acceptors (Lipinski definition) is 3. The van der Waals surface area contributed by atoms with Crippen molar-refractivity contribution in [2.24, 2.45) is 0 Å². The van der Waals surface area contributed by atoms with E-state index in [1.54, 1.807) is 12.3 Å². The molecule has 0 atom stereocenters. The van der Waals surface area contributed by atoms with Crippen LogP contribution < -0.4 is 5.32 Å². The van der Waals surface area contributed by atoms with Crippen LogP contribution in [0.15, 0.2) is 35.2 Å². The minimum atomic E-state index is -0.283. The van der Waals surface area contributed by atoms with Gasteiger partial charge >= 0.3 is 0 Å². The number of rotatable bonds is 2. The van der Waals surface area contributed by atoms with Crippen molar-refractivity contribution >= 4 is 50.0 Å². The summed E-state index contributed by atoms with van der Waals surface area (Å²) in [6.45, 7) is 0. The zero-order valence-corrected chi connectivity index (χ0v) is 11.7. The summed E-state index contributed by atoms with van der Waals surface area (Å²) in [6.07, 6.45) is 3.16. The van der Waals surface area contributed by atoms with E-state index in [0.29, 0.717) is 10.3 Å². The van der Waals surface area contributed by atoms with Crippen LogP contribution in [0.5, 0.6) is 0 Å². The molecule has 0 unspecified atom stereocenters. The van der Waals surface area contributed by atoms with Crippen LogP contribution in [-0.4, -0.2) is 9.97 Å². The second-order valence-corrected chi connectivity index (χ2v) is 4.98. The van der Waals surface area contributed by atoms with Crippen molar-refractivity contribution in [3.8, 4) is 0 Å². The standard InChI is InChI=1S/C10H6BrFIN3/c11-7-3-6(12)1-2-9(7)16-10-8(13)4-14-5-15-10/h1-5H,(H,14,15,16). The van der Waals surface area contributed by atoms with Crippen LogP contribution in [0.2, 0.25) is 0 Å². The van der Waals surface area contributed by atoms with Crippen molar-refractivity contribution in [2.75, 3.05) is 5.32 Å². The number of aromatic nitrogens is 2. The summed E-state index contributed by atoms with van der Waals surface area (Å²) in [4.78, 5) is 7.99. The Kier molecular flexibility index (Phi) is 3.70. The Bertz CT molecular complexity index is 521. The summed E-state index contributed by atoms with van der Waals surface area (Å²) in [5, 5.41) is 3.10. The van der Waals surface area contributed by atoms with E-state index in [-0.39, 0.29) is 5.82 Å². The van der Waals surface area contributed by atoms with Crippen LogP contribution in [0.3, 0.4) is 0 Å². The summed E-state index contributed by atoms with van der Waals surface area (Å²) >= 11 is 5.41. The van der Waals surface area contributed by atoms with Crippen molar-refractivity contribution in [1.29, 1.82) is 0 Å². The number of benzene rings is 1. The molecule has 1 aromatic carbocycles. The second kappa shape index (κ2) is 5.05. The van der Waals surface area contributed by atoms with Gasteiger partial charge in [-0.05, 0) is 56.7 Å². The highest BCUT2D eigenvalue weighted by molar-refractivity contribution is 14.1. The van der Waals surface area contributed by atoms with E-state index in [9.17, 15) is 4.39 Å². The van der Waals surface area contributed by atoms with Gasteiger partial charge in [0.25, 0.3) is 0 Å². The molecule has 3 nitrogen and oxygen atoms in total. The van der Waals surface area contributed by atoms with E-state index in [1.165, 1.54) is 18.5 Å². The first-order valence-electron chi connectivity index (χ1n) is 4.34. The molecule has 6 heteroatoms. The molecule has 0 bridgehead atoms. The lowest BCUT2D eigenvalue weighted by molar-refractivity contribution is 0.627. The van der Waals surface area contributed by atoms with Gasteiger partial charge in [-0.3, -0.25) is 0 Å². The Morgan fingerprint density at radius 3 is 2.88 bits per heavy atom. The van der Waals surface area contributed by atoms with E-state index in [1.807, 2.05) is 0 Å². The van der Waals surface area contributed by atoms with Crippen LogP contribution in [0.1, 0.15) is 0 Å². The van der Waals surface area contributed by atoms with Crippen LogP contribution >= 0.6 is 38.5 Å². The van der Waals surface area contributed by atoms with E-state index < -0.39 is 0 Å². The molecule has 0 fully saturated rings. The molecule has 0 aliphatic rings. The Morgan fingerprint density at radius 2 is 2.19 bits per heavy atom. The van der Waals surface area contributed by atoms with Crippen molar-refractivity contribution in [3.05, 3.63) is 44.6 Å².